The Morgan fingerprint density at radius 1 is 0.703 bits per heavy atom. The van der Waals surface area contributed by atoms with E-state index in [0.29, 0.717) is 24.9 Å². The van der Waals surface area contributed by atoms with Crippen LogP contribution in [-0.4, -0.2) is 71.4 Å². The number of alkyl carbamates (subject to hydrolysis) is 2. The lowest BCUT2D eigenvalue weighted by molar-refractivity contribution is -0.153. The van der Waals surface area contributed by atoms with E-state index in [9.17, 15) is 19.2 Å². The Bertz CT molecular complexity index is 1550. The van der Waals surface area contributed by atoms with E-state index in [4.69, 9.17) is 14.2 Å². The average Bonchev–Trinajstić information content (AvgIpc) is 3.53. The molecule has 3 fully saturated rings. The maximum absolute atomic E-state index is 13.7. The summed E-state index contributed by atoms with van der Waals surface area (Å²) in [4.78, 5) is 53.5. The molecule has 3 amide bonds. The monoisotopic (exact) mass is 898 g/mol. The highest BCUT2D eigenvalue weighted by atomic mass is 16.6. The Morgan fingerprint density at radius 3 is 1.97 bits per heavy atom. The van der Waals surface area contributed by atoms with Gasteiger partial charge >= 0.3 is 18.2 Å². The number of rotatable bonds is 22. The standard InChI is InChI=1S/C54H95N3O7/c1-37(2)20-19-21-38(3)44-25-26-45-43-24-23-41-36-42(29-32-53(41,12)46(43)30-33-54(44,45)13)62-48(59)28-27-47(58)57(35-31-40(5)56-50(61)64-52(9,10)11)34-18-16-14-15-17-22-39(4)55-49(60)63-51(6,7)8/h23,37-40,42-46H,14-22,24-36H2,1-13H3,(H,55,60)(H,56,61)/t38?,39?,40?,42-,43-,44+,45-,46-,53-,54+/m0/s1. The van der Waals surface area contributed by atoms with Gasteiger partial charge in [0.1, 0.15) is 17.3 Å². The van der Waals surface area contributed by atoms with Crippen molar-refractivity contribution in [2.45, 2.75) is 248 Å². The fourth-order valence-corrected chi connectivity index (χ4v) is 12.5. The minimum Gasteiger partial charge on any atom is -0.462 e. The first-order chi connectivity index (χ1) is 29.9. The van der Waals surface area contributed by atoms with Crippen LogP contribution in [-0.2, 0) is 23.8 Å². The zero-order chi connectivity index (χ0) is 47.5. The van der Waals surface area contributed by atoms with Gasteiger partial charge in [-0.25, -0.2) is 9.59 Å². The Hall–Kier alpha value is -2.78. The molecule has 4 rings (SSSR count). The van der Waals surface area contributed by atoms with E-state index in [1.807, 2.05) is 60.3 Å². The third kappa shape index (κ3) is 16.2. The summed E-state index contributed by atoms with van der Waals surface area (Å²) in [6, 6.07) is -0.151. The first-order valence-corrected chi connectivity index (χ1v) is 26.1. The van der Waals surface area contributed by atoms with Gasteiger partial charge in [-0.05, 0) is 166 Å². The van der Waals surface area contributed by atoms with Crippen molar-refractivity contribution in [3.63, 3.8) is 0 Å². The number of amides is 3. The summed E-state index contributed by atoms with van der Waals surface area (Å²) >= 11 is 0. The molecule has 10 heteroatoms. The quantitative estimate of drug-likeness (QED) is 0.0480. The second-order valence-electron chi connectivity index (χ2n) is 24.0. The van der Waals surface area contributed by atoms with Gasteiger partial charge < -0.3 is 29.7 Å². The predicted molar refractivity (Wildman–Crippen MR) is 259 cm³/mol. The van der Waals surface area contributed by atoms with E-state index in [0.717, 1.165) is 93.3 Å². The van der Waals surface area contributed by atoms with E-state index >= 15 is 0 Å². The molecule has 0 bridgehead atoms. The van der Waals surface area contributed by atoms with Crippen LogP contribution in [0.4, 0.5) is 9.59 Å². The summed E-state index contributed by atoms with van der Waals surface area (Å²) < 4.78 is 17.0. The molecular formula is C54H95N3O7. The molecule has 0 heterocycles. The van der Waals surface area contributed by atoms with Crippen LogP contribution in [0.5, 0.6) is 0 Å². The third-order valence-electron chi connectivity index (χ3n) is 15.9. The largest absolute Gasteiger partial charge is 0.462 e. The number of hydrogen-bond donors (Lipinski definition) is 2. The molecule has 4 aliphatic carbocycles. The van der Waals surface area contributed by atoms with Gasteiger partial charge in [0.2, 0.25) is 5.91 Å². The van der Waals surface area contributed by atoms with Gasteiger partial charge in [-0.3, -0.25) is 9.59 Å². The van der Waals surface area contributed by atoms with Crippen molar-refractivity contribution in [2.75, 3.05) is 13.1 Å². The Balaban J connectivity index is 1.25. The summed E-state index contributed by atoms with van der Waals surface area (Å²) in [7, 11) is 0. The Morgan fingerprint density at radius 2 is 1.33 bits per heavy atom. The first kappa shape index (κ1) is 53.8. The van der Waals surface area contributed by atoms with Crippen molar-refractivity contribution in [3.8, 4) is 0 Å². The topological polar surface area (TPSA) is 123 Å². The molecule has 0 aromatic heterocycles. The van der Waals surface area contributed by atoms with Crippen LogP contribution in [0.2, 0.25) is 0 Å². The van der Waals surface area contributed by atoms with Crippen LogP contribution in [0.1, 0.15) is 218 Å². The van der Waals surface area contributed by atoms with E-state index in [1.54, 1.807) is 0 Å². The van der Waals surface area contributed by atoms with Gasteiger partial charge in [-0.2, -0.15) is 0 Å². The molecule has 64 heavy (non-hydrogen) atoms. The molecule has 368 valence electrons. The Labute approximate surface area is 390 Å². The molecule has 0 saturated heterocycles. The molecule has 0 radical (unpaired) electrons. The number of carbonyl (C=O) groups excluding carboxylic acids is 4. The molecule has 0 aromatic carbocycles. The molecule has 3 unspecified atom stereocenters. The lowest BCUT2D eigenvalue weighted by Crippen LogP contribution is -2.51. The molecule has 10 nitrogen and oxygen atoms in total. The minimum absolute atomic E-state index is 0.0353. The summed E-state index contributed by atoms with van der Waals surface area (Å²) in [6.45, 7) is 28.5. The number of carbonyl (C=O) groups is 4. The zero-order valence-corrected chi connectivity index (χ0v) is 43.1. The van der Waals surface area contributed by atoms with E-state index in [1.165, 1.54) is 56.9 Å². The normalized spacial score (nSPS) is 28.1. The van der Waals surface area contributed by atoms with Gasteiger partial charge in [0, 0.05) is 38.0 Å². The average molecular weight is 898 g/mol. The number of ether oxygens (including phenoxy) is 3. The number of unbranched alkanes of at least 4 members (excludes halogenated alkanes) is 4. The van der Waals surface area contributed by atoms with Crippen molar-refractivity contribution in [1.82, 2.24) is 15.5 Å². The van der Waals surface area contributed by atoms with Crippen LogP contribution in [0.25, 0.3) is 0 Å². The molecule has 3 saturated carbocycles. The summed E-state index contributed by atoms with van der Waals surface area (Å²) in [6.07, 6.45) is 21.7. The number of nitrogens with zero attached hydrogens (tertiary/aromatic N) is 1. The fourth-order valence-electron chi connectivity index (χ4n) is 12.5. The lowest BCUT2D eigenvalue weighted by Gasteiger charge is -2.58. The highest BCUT2D eigenvalue weighted by molar-refractivity contribution is 5.81. The van der Waals surface area contributed by atoms with Crippen LogP contribution in [0.15, 0.2) is 11.6 Å². The van der Waals surface area contributed by atoms with Gasteiger partial charge in [-0.15, -0.1) is 0 Å². The first-order valence-electron chi connectivity index (χ1n) is 26.1. The summed E-state index contributed by atoms with van der Waals surface area (Å²) in [5.74, 6) is 4.45. The zero-order valence-electron chi connectivity index (χ0n) is 43.1. The molecule has 10 atom stereocenters. The second-order valence-corrected chi connectivity index (χ2v) is 24.0. The number of fused-ring (bicyclic) bond motifs is 5. The van der Waals surface area contributed by atoms with Crippen molar-refractivity contribution < 1.29 is 33.4 Å². The number of esters is 1. The van der Waals surface area contributed by atoms with Crippen LogP contribution in [0.3, 0.4) is 0 Å². The third-order valence-corrected chi connectivity index (χ3v) is 15.9. The van der Waals surface area contributed by atoms with Crippen molar-refractivity contribution in [2.24, 2.45) is 46.3 Å². The molecule has 2 N–H and O–H groups in total. The van der Waals surface area contributed by atoms with E-state index < -0.39 is 17.3 Å². The molecule has 0 spiro atoms. The number of nitrogens with one attached hydrogen (secondary N) is 2. The van der Waals surface area contributed by atoms with Crippen molar-refractivity contribution in [3.05, 3.63) is 11.6 Å². The maximum Gasteiger partial charge on any atom is 0.407 e. The van der Waals surface area contributed by atoms with Gasteiger partial charge in [0.15, 0.2) is 0 Å². The Kier molecular flexibility index (Phi) is 20.0. The molecule has 4 aliphatic rings. The fraction of sp³-hybridized carbons (Fsp3) is 0.889. The number of hydrogen-bond acceptors (Lipinski definition) is 7. The minimum atomic E-state index is -0.594. The highest BCUT2D eigenvalue weighted by Crippen LogP contribution is 2.67. The van der Waals surface area contributed by atoms with E-state index in [2.05, 4.69) is 51.3 Å². The number of allylic oxidation sites excluding steroid dienone is 1. The van der Waals surface area contributed by atoms with E-state index in [-0.39, 0.29) is 54.4 Å². The second kappa shape index (κ2) is 23.8. The van der Waals surface area contributed by atoms with Gasteiger partial charge in [0.05, 0.1) is 6.42 Å². The van der Waals surface area contributed by atoms with Crippen LogP contribution < -0.4 is 10.6 Å². The highest BCUT2D eigenvalue weighted by Gasteiger charge is 2.59. The van der Waals surface area contributed by atoms with Crippen molar-refractivity contribution >= 4 is 24.1 Å². The van der Waals surface area contributed by atoms with Crippen LogP contribution in [0, 0.1) is 46.3 Å². The summed E-state index contributed by atoms with van der Waals surface area (Å²) in [5.41, 5.74) is 1.06. The molecular weight excluding hydrogens is 803 g/mol. The predicted octanol–water partition coefficient (Wildman–Crippen LogP) is 13.1. The SMILES string of the molecule is CC(C)CCCC(C)[C@H]1CC[C@H]2[C@@H]3CC=C4C[C@@H](OC(=O)CCC(=O)N(CCCCCCCC(C)NC(=O)OC(C)(C)C)CCC(C)NC(=O)OC(C)(C)C)CC[C@]4(C)[C@H]3CC[C@]12C. The van der Waals surface area contributed by atoms with Gasteiger partial charge in [-0.1, -0.05) is 91.2 Å². The molecule has 0 aromatic rings. The smallest absolute Gasteiger partial charge is 0.407 e. The summed E-state index contributed by atoms with van der Waals surface area (Å²) in [5, 5.41) is 5.82. The van der Waals surface area contributed by atoms with Gasteiger partial charge in [0.25, 0.3) is 0 Å². The van der Waals surface area contributed by atoms with Crippen LogP contribution >= 0.6 is 0 Å². The van der Waals surface area contributed by atoms with Crippen molar-refractivity contribution in [1.29, 1.82) is 0 Å². The molecule has 0 aliphatic heterocycles. The maximum atomic E-state index is 13.7. The lowest BCUT2D eigenvalue weighted by atomic mass is 9.47.